The Morgan fingerprint density at radius 1 is 1.00 bits per heavy atom. The average molecular weight is 553 g/mol. The third-order valence-corrected chi connectivity index (χ3v) is 6.82. The fourth-order valence-electron chi connectivity index (χ4n) is 3.68. The molecule has 0 aliphatic heterocycles. The minimum absolute atomic E-state index is 0.298. The summed E-state index contributed by atoms with van der Waals surface area (Å²) in [6.07, 6.45) is 1.58. The number of nitrogens with zero attached hydrogens (tertiary/aromatic N) is 2. The van der Waals surface area contributed by atoms with Crippen molar-refractivity contribution in [2.45, 2.75) is 13.5 Å². The standard InChI is InChI=1S/C31H25ClN4O2S/c1-21-5-15-27(16-6-21)34-31-35-29(20-39-31)24-9-11-25(12-10-24)30(37)36-33-18-23-3-2-4-28(17-23)38-19-22-7-13-26(32)14-8-22/h2-18,20H,19H2,1H3,(H,34,35)(H,36,37)/b33-18-. The van der Waals surface area contributed by atoms with Crippen LogP contribution in [0.2, 0.25) is 5.02 Å². The van der Waals surface area contributed by atoms with Crippen LogP contribution < -0.4 is 15.5 Å². The number of thiazole rings is 1. The Balaban J connectivity index is 1.14. The molecule has 8 heteroatoms. The van der Waals surface area contributed by atoms with E-state index in [0.29, 0.717) is 22.9 Å². The van der Waals surface area contributed by atoms with Crippen LogP contribution >= 0.6 is 22.9 Å². The molecule has 0 aliphatic rings. The zero-order chi connectivity index (χ0) is 27.0. The molecule has 4 aromatic carbocycles. The highest BCUT2D eigenvalue weighted by molar-refractivity contribution is 7.14. The summed E-state index contributed by atoms with van der Waals surface area (Å²) < 4.78 is 5.85. The summed E-state index contributed by atoms with van der Waals surface area (Å²) in [5.41, 5.74) is 8.88. The number of aryl methyl sites for hydroxylation is 1. The first-order chi connectivity index (χ1) is 19.0. The second kappa shape index (κ2) is 12.4. The summed E-state index contributed by atoms with van der Waals surface area (Å²) >= 11 is 7.46. The van der Waals surface area contributed by atoms with Crippen molar-refractivity contribution in [3.63, 3.8) is 0 Å². The van der Waals surface area contributed by atoms with Crippen LogP contribution in [-0.4, -0.2) is 17.1 Å². The molecule has 194 valence electrons. The van der Waals surface area contributed by atoms with Gasteiger partial charge in [0.15, 0.2) is 5.13 Å². The first kappa shape index (κ1) is 26.2. The van der Waals surface area contributed by atoms with Gasteiger partial charge in [0.2, 0.25) is 0 Å². The number of carbonyl (C=O) groups is 1. The van der Waals surface area contributed by atoms with Crippen molar-refractivity contribution in [1.82, 2.24) is 10.4 Å². The van der Waals surface area contributed by atoms with E-state index in [1.807, 2.05) is 78.2 Å². The second-order valence-corrected chi connectivity index (χ2v) is 10.1. The van der Waals surface area contributed by atoms with Crippen molar-refractivity contribution in [3.8, 4) is 17.0 Å². The molecule has 1 amide bonds. The van der Waals surface area contributed by atoms with Gasteiger partial charge in [-0.15, -0.1) is 11.3 Å². The molecule has 0 unspecified atom stereocenters. The molecule has 0 fully saturated rings. The lowest BCUT2D eigenvalue weighted by Crippen LogP contribution is -2.17. The Kier molecular flexibility index (Phi) is 8.31. The van der Waals surface area contributed by atoms with Gasteiger partial charge in [-0.1, -0.05) is 65.7 Å². The van der Waals surface area contributed by atoms with Crippen LogP contribution in [0.1, 0.15) is 27.0 Å². The number of nitrogens with one attached hydrogen (secondary N) is 2. The van der Waals surface area contributed by atoms with E-state index in [1.165, 1.54) is 16.9 Å². The first-order valence-electron chi connectivity index (χ1n) is 12.2. The minimum Gasteiger partial charge on any atom is -0.489 e. The molecule has 0 atom stereocenters. The second-order valence-electron chi connectivity index (χ2n) is 8.79. The quantitative estimate of drug-likeness (QED) is 0.144. The van der Waals surface area contributed by atoms with Gasteiger partial charge in [-0.2, -0.15) is 5.10 Å². The number of anilines is 2. The van der Waals surface area contributed by atoms with E-state index in [-0.39, 0.29) is 5.91 Å². The SMILES string of the molecule is Cc1ccc(Nc2nc(-c3ccc(C(=O)N/N=C\c4cccc(OCc5ccc(Cl)cc5)c4)cc3)cs2)cc1. The van der Waals surface area contributed by atoms with Crippen LogP contribution in [0.3, 0.4) is 0 Å². The molecule has 5 aromatic rings. The van der Waals surface area contributed by atoms with Crippen molar-refractivity contribution in [1.29, 1.82) is 0 Å². The molecular formula is C31H25ClN4O2S. The molecular weight excluding hydrogens is 528 g/mol. The Morgan fingerprint density at radius 2 is 1.77 bits per heavy atom. The van der Waals surface area contributed by atoms with Gasteiger partial charge in [0, 0.05) is 27.2 Å². The van der Waals surface area contributed by atoms with Gasteiger partial charge in [-0.25, -0.2) is 10.4 Å². The highest BCUT2D eigenvalue weighted by atomic mass is 35.5. The number of halogens is 1. The van der Waals surface area contributed by atoms with E-state index in [4.69, 9.17) is 16.3 Å². The number of hydrazone groups is 1. The molecule has 0 saturated carbocycles. The lowest BCUT2D eigenvalue weighted by atomic mass is 10.1. The van der Waals surface area contributed by atoms with Gasteiger partial charge < -0.3 is 10.1 Å². The molecule has 6 nitrogen and oxygen atoms in total. The van der Waals surface area contributed by atoms with Gasteiger partial charge in [0.1, 0.15) is 12.4 Å². The maximum Gasteiger partial charge on any atom is 0.271 e. The molecule has 0 bridgehead atoms. The molecule has 0 saturated heterocycles. The smallest absolute Gasteiger partial charge is 0.271 e. The summed E-state index contributed by atoms with van der Waals surface area (Å²) in [6.45, 7) is 2.48. The number of benzene rings is 4. The van der Waals surface area contributed by atoms with Crippen molar-refractivity contribution in [2.24, 2.45) is 5.10 Å². The van der Waals surface area contributed by atoms with Crippen molar-refractivity contribution < 1.29 is 9.53 Å². The van der Waals surface area contributed by atoms with Crippen LogP contribution in [0.4, 0.5) is 10.8 Å². The van der Waals surface area contributed by atoms with E-state index in [0.717, 1.165) is 33.2 Å². The van der Waals surface area contributed by atoms with Gasteiger partial charge in [-0.05, 0) is 66.6 Å². The van der Waals surface area contributed by atoms with Gasteiger partial charge in [-0.3, -0.25) is 4.79 Å². The number of aromatic nitrogens is 1. The topological polar surface area (TPSA) is 75.6 Å². The highest BCUT2D eigenvalue weighted by Gasteiger charge is 2.08. The number of ether oxygens (including phenoxy) is 1. The van der Waals surface area contributed by atoms with E-state index >= 15 is 0 Å². The fourth-order valence-corrected chi connectivity index (χ4v) is 4.54. The molecule has 5 rings (SSSR count). The maximum atomic E-state index is 12.6. The van der Waals surface area contributed by atoms with E-state index < -0.39 is 0 Å². The zero-order valence-electron chi connectivity index (χ0n) is 21.1. The lowest BCUT2D eigenvalue weighted by Gasteiger charge is -2.07. The third-order valence-electron chi connectivity index (χ3n) is 5.81. The molecule has 0 spiro atoms. The molecule has 39 heavy (non-hydrogen) atoms. The van der Waals surface area contributed by atoms with E-state index in [1.54, 1.807) is 18.3 Å². The summed E-state index contributed by atoms with van der Waals surface area (Å²) in [5, 5.41) is 10.9. The van der Waals surface area contributed by atoms with Gasteiger partial charge in [0.05, 0.1) is 11.9 Å². The maximum absolute atomic E-state index is 12.6. The predicted octanol–water partition coefficient (Wildman–Crippen LogP) is 7.86. The molecule has 0 aliphatic carbocycles. The number of carbonyl (C=O) groups excluding carboxylic acids is 1. The number of rotatable bonds is 9. The Morgan fingerprint density at radius 3 is 2.54 bits per heavy atom. The van der Waals surface area contributed by atoms with Gasteiger partial charge >= 0.3 is 0 Å². The van der Waals surface area contributed by atoms with Crippen molar-refractivity contribution in [2.75, 3.05) is 5.32 Å². The lowest BCUT2D eigenvalue weighted by molar-refractivity contribution is 0.0955. The summed E-state index contributed by atoms with van der Waals surface area (Å²) in [5.74, 6) is 0.406. The highest BCUT2D eigenvalue weighted by Crippen LogP contribution is 2.27. The number of amides is 1. The molecule has 2 N–H and O–H groups in total. The summed E-state index contributed by atoms with van der Waals surface area (Å²) in [7, 11) is 0. The van der Waals surface area contributed by atoms with Gasteiger partial charge in [0.25, 0.3) is 5.91 Å². The van der Waals surface area contributed by atoms with E-state index in [9.17, 15) is 4.79 Å². The van der Waals surface area contributed by atoms with E-state index in [2.05, 4.69) is 39.9 Å². The van der Waals surface area contributed by atoms with Crippen molar-refractivity contribution in [3.05, 3.63) is 130 Å². The molecule has 1 aromatic heterocycles. The minimum atomic E-state index is -0.298. The molecule has 0 radical (unpaired) electrons. The first-order valence-corrected chi connectivity index (χ1v) is 13.5. The van der Waals surface area contributed by atoms with Crippen LogP contribution in [0, 0.1) is 6.92 Å². The van der Waals surface area contributed by atoms with Crippen LogP contribution in [0.15, 0.2) is 108 Å². The third kappa shape index (κ3) is 7.31. The zero-order valence-corrected chi connectivity index (χ0v) is 22.7. The normalized spacial score (nSPS) is 10.9. The largest absolute Gasteiger partial charge is 0.489 e. The monoisotopic (exact) mass is 552 g/mol. The van der Waals surface area contributed by atoms with Crippen LogP contribution in [0.5, 0.6) is 5.75 Å². The Hall–Kier alpha value is -4.46. The fraction of sp³-hybridized carbons (Fsp3) is 0.0645. The summed E-state index contributed by atoms with van der Waals surface area (Å²) in [6, 6.07) is 30.5. The van der Waals surface area contributed by atoms with Crippen LogP contribution in [-0.2, 0) is 6.61 Å². The van der Waals surface area contributed by atoms with Crippen LogP contribution in [0.25, 0.3) is 11.3 Å². The summed E-state index contributed by atoms with van der Waals surface area (Å²) in [4.78, 5) is 17.2. The Labute approximate surface area is 236 Å². The van der Waals surface area contributed by atoms with Crippen molar-refractivity contribution >= 4 is 45.9 Å². The molecule has 1 heterocycles. The Bertz CT molecular complexity index is 1580. The average Bonchev–Trinajstić information content (AvgIpc) is 3.43. The number of hydrogen-bond acceptors (Lipinski definition) is 6. The number of hydrogen-bond donors (Lipinski definition) is 2. The predicted molar refractivity (Wildman–Crippen MR) is 159 cm³/mol.